The summed E-state index contributed by atoms with van der Waals surface area (Å²) in [6.45, 7) is 28.1. The normalized spacial score (nSPS) is 18.7. The van der Waals surface area contributed by atoms with Crippen LogP contribution in [0.5, 0.6) is 23.0 Å². The van der Waals surface area contributed by atoms with Crippen LogP contribution in [0, 0.1) is 29.6 Å². The van der Waals surface area contributed by atoms with Crippen LogP contribution in [0.25, 0.3) is 0 Å². The van der Waals surface area contributed by atoms with Crippen LogP contribution in [-0.4, -0.2) is 227 Å². The summed E-state index contributed by atoms with van der Waals surface area (Å²) < 4.78 is 61.6. The molecule has 4 rings (SSSR count). The Kier molecular flexibility index (Phi) is 73.9. The highest BCUT2D eigenvalue weighted by Gasteiger charge is 2.36. The fourth-order valence-corrected chi connectivity index (χ4v) is 20.9. The van der Waals surface area contributed by atoms with E-state index in [1.807, 2.05) is 32.9 Å². The van der Waals surface area contributed by atoms with E-state index in [1.165, 1.54) is 0 Å². The number of ether oxygens (including phenoxy) is 10. The van der Waals surface area contributed by atoms with Gasteiger partial charge in [-0.15, -0.1) is 0 Å². The van der Waals surface area contributed by atoms with Crippen molar-refractivity contribution in [2.24, 2.45) is 29.6 Å². The predicted octanol–water partition coefficient (Wildman–Crippen LogP) is 25.1. The molecule has 854 valence electrons. The number of rotatable bonds is 74. The topological polar surface area (TPSA) is 377 Å². The largest absolute Gasteiger partial charge is 0.493 e. The summed E-state index contributed by atoms with van der Waals surface area (Å²) in [4.78, 5) is 112. The number of benzene rings is 3. The molecule has 27 heteroatoms. The van der Waals surface area contributed by atoms with Gasteiger partial charge in [0.2, 0.25) is 0 Å². The van der Waals surface area contributed by atoms with Gasteiger partial charge in [-0.25, -0.2) is 9.59 Å². The molecular weight excluding hydrogens is 1890 g/mol. The Morgan fingerprint density at radius 2 is 0.866 bits per heavy atom. The Morgan fingerprint density at radius 1 is 0.436 bits per heavy atom. The smallest absolute Gasteiger partial charge is 0.339 e. The van der Waals surface area contributed by atoms with Crippen LogP contribution < -0.4 is 18.9 Å². The molecule has 17 unspecified atom stereocenters. The van der Waals surface area contributed by atoms with Crippen molar-refractivity contribution in [2.45, 2.75) is 529 Å². The number of carbonyl (C=O) groups is 8. The van der Waals surface area contributed by atoms with E-state index >= 15 is 0 Å². The fourth-order valence-electron chi connectivity index (χ4n) is 20.9. The van der Waals surface area contributed by atoms with Crippen LogP contribution >= 0.6 is 0 Å². The molecular formula is C122H206N2O25. The number of aliphatic hydroxyl groups excluding tert-OH is 7. The maximum Gasteiger partial charge on any atom is 0.339 e. The fraction of sp³-hybridized carbons (Fsp3) is 0.787. The first-order valence-corrected chi connectivity index (χ1v) is 59.1. The molecule has 7 N–H and O–H groups in total. The molecule has 0 aromatic heterocycles. The quantitative estimate of drug-likeness (QED) is 0.0119. The van der Waals surface area contributed by atoms with Crippen LogP contribution in [0.15, 0.2) is 48.5 Å². The van der Waals surface area contributed by atoms with Crippen LogP contribution in [0.1, 0.15) is 495 Å². The second-order valence-electron chi connectivity index (χ2n) is 42.6. The minimum Gasteiger partial charge on any atom is -0.493 e. The number of cyclic esters (lactones) is 4. The van der Waals surface area contributed by atoms with Gasteiger partial charge in [0, 0.05) is 67.4 Å². The molecule has 0 spiro atoms. The van der Waals surface area contributed by atoms with Crippen LogP contribution in [-0.2, 0) is 60.7 Å². The minimum atomic E-state index is -1.12. The maximum atomic E-state index is 14.6. The average molecular weight is 2100 g/mol. The zero-order chi connectivity index (χ0) is 109. The van der Waals surface area contributed by atoms with Gasteiger partial charge in [-0.1, -0.05) is 268 Å². The van der Waals surface area contributed by atoms with Crippen LogP contribution in [0.4, 0.5) is 0 Å². The molecule has 1 aliphatic heterocycles. The van der Waals surface area contributed by atoms with Gasteiger partial charge in [0.1, 0.15) is 50.2 Å². The second-order valence-corrected chi connectivity index (χ2v) is 42.6. The molecule has 149 heavy (non-hydrogen) atoms. The van der Waals surface area contributed by atoms with E-state index in [2.05, 4.69) is 72.1 Å². The number of carbonyl (C=O) groups excluding carboxylic acids is 8. The van der Waals surface area contributed by atoms with Crippen molar-refractivity contribution in [3.05, 3.63) is 81.9 Å². The molecule has 0 amide bonds. The first-order chi connectivity index (χ1) is 72.1. The highest BCUT2D eigenvalue weighted by atomic mass is 16.6. The molecule has 17 atom stereocenters. The number of aldehydes is 2. The maximum absolute atomic E-state index is 14.6. The molecule has 0 radical (unpaired) electrons. The van der Waals surface area contributed by atoms with Crippen molar-refractivity contribution in [1.82, 2.24) is 9.80 Å². The van der Waals surface area contributed by atoms with E-state index in [4.69, 9.17) is 47.4 Å². The summed E-state index contributed by atoms with van der Waals surface area (Å²) in [5, 5.41) is 81.8. The molecule has 0 saturated carbocycles. The summed E-state index contributed by atoms with van der Waals surface area (Å²) in [7, 11) is 3.11. The Balaban J connectivity index is 1.55. The predicted molar refractivity (Wildman–Crippen MR) is 590 cm³/mol. The molecule has 3 aromatic rings. The molecule has 3 aromatic carbocycles. The molecule has 27 nitrogen and oxygen atoms in total. The standard InChI is InChI=1S/C122H206N2O25/c1-15-26-41-61-104(128)93(19-5)71-73-99(127)83-100(146-119-97(77-91(86-125)79-113(119)140-13)84-123(23-9)75-55-56-76-124(24-10)85-98-78-92(87-126)80-114(141-14)120(98)147-110(65-47-34-31-37-49-67-115(134)142-25-11)108(132)74-72-94(20-6)105(129)62-42-27-16-2)58-46-39-40-52-70-118(137)145-101-88-143-116(135)68-50-36-30-33-45-57-90(12)112(82-96(22-8)107(131)64-44-29-18-4)149-122(139)103-60-54-53-59-102(103)121(138)148-111(66-48-35-32-38-51-69-117(136)144-89-101)109(133)81-95(21-7)106(130)63-43-28-17-3/h53-54,59-60,77-80,86-87,90,93-96,99-101,104-112,127-133H,15-52,55-58,61-76,81-85,88-89H2,1-14H3. The first kappa shape index (κ1) is 134. The van der Waals surface area contributed by atoms with Gasteiger partial charge in [-0.05, 0) is 247 Å². The number of unbranched alkanes of at least 4 members (excludes halogenated alkanes) is 16. The van der Waals surface area contributed by atoms with E-state index in [1.54, 1.807) is 50.6 Å². The average Bonchev–Trinajstić information content (AvgIpc) is 0.817. The lowest BCUT2D eigenvalue weighted by Crippen LogP contribution is -2.36. The van der Waals surface area contributed by atoms with Gasteiger partial charge >= 0.3 is 35.8 Å². The first-order valence-electron chi connectivity index (χ1n) is 59.1. The number of fused-ring (bicyclic) bond motifs is 1. The number of hydrogen-bond acceptors (Lipinski definition) is 27. The Morgan fingerprint density at radius 3 is 1.34 bits per heavy atom. The third-order valence-electron chi connectivity index (χ3n) is 30.7. The van der Waals surface area contributed by atoms with Gasteiger partial charge in [-0.2, -0.15) is 0 Å². The minimum absolute atomic E-state index is 0.0154. The molecule has 0 fully saturated rings. The SMILES string of the molecule is CCCCCC(O)C(CC)CCC(O)CC(CCCCCCC(=O)OC1COC(=O)CCCCCCCC(C)C(CC(CC)C(O)CCCCC)OC(=O)c2ccccc2C(=O)OC(C(O)CC(CC)C(O)CCCCC)CCCCCCCC(=O)OC1)Oc1c(CN(CC)CCCCN(CC)Cc2cc(C=O)cc(OC)c2OC(CCCCCCCC(=O)OCC)C(O)CCC(CC)C(O)CCCCC)cc(C=O)cc1OC. The lowest BCUT2D eigenvalue weighted by molar-refractivity contribution is -0.167. The molecule has 1 heterocycles. The number of esters is 6. The zero-order valence-electron chi connectivity index (χ0n) is 94.9. The third kappa shape index (κ3) is 55.5. The van der Waals surface area contributed by atoms with Gasteiger partial charge in [0.05, 0.1) is 74.7 Å². The van der Waals surface area contributed by atoms with Crippen molar-refractivity contribution in [2.75, 3.05) is 60.2 Å². The Hall–Kier alpha value is -7.34. The third-order valence-corrected chi connectivity index (χ3v) is 30.7. The van der Waals surface area contributed by atoms with E-state index in [-0.39, 0.29) is 92.0 Å². The van der Waals surface area contributed by atoms with E-state index in [0.29, 0.717) is 241 Å². The summed E-state index contributed by atoms with van der Waals surface area (Å²) in [5.74, 6) is -1.87. The molecule has 0 bridgehead atoms. The summed E-state index contributed by atoms with van der Waals surface area (Å²) in [5.41, 5.74) is 2.42. The Labute approximate surface area is 898 Å². The zero-order valence-corrected chi connectivity index (χ0v) is 94.9. The van der Waals surface area contributed by atoms with Crippen LogP contribution in [0.2, 0.25) is 0 Å². The molecule has 0 aliphatic carbocycles. The number of methoxy groups -OCH3 is 2. The lowest BCUT2D eigenvalue weighted by Gasteiger charge is -2.31. The van der Waals surface area contributed by atoms with Crippen molar-refractivity contribution in [1.29, 1.82) is 0 Å². The van der Waals surface area contributed by atoms with Crippen molar-refractivity contribution in [3.63, 3.8) is 0 Å². The number of nitrogens with zero attached hydrogens (tertiary/aromatic N) is 2. The van der Waals surface area contributed by atoms with E-state index in [0.717, 1.165) is 191 Å². The highest BCUT2D eigenvalue weighted by Crippen LogP contribution is 2.41. The van der Waals surface area contributed by atoms with Gasteiger partial charge in [-0.3, -0.25) is 38.6 Å². The van der Waals surface area contributed by atoms with Crippen LogP contribution in [0.3, 0.4) is 0 Å². The molecule has 1 aliphatic rings. The lowest BCUT2D eigenvalue weighted by atomic mass is 9.84. The van der Waals surface area contributed by atoms with Crippen molar-refractivity contribution in [3.8, 4) is 23.0 Å². The summed E-state index contributed by atoms with van der Waals surface area (Å²) in [6.07, 6.45) is 30.9. The van der Waals surface area contributed by atoms with Gasteiger partial charge < -0.3 is 83.1 Å². The number of aliphatic hydroxyl groups is 7. The van der Waals surface area contributed by atoms with Crippen molar-refractivity contribution >= 4 is 48.4 Å². The van der Waals surface area contributed by atoms with Crippen molar-refractivity contribution < 1.29 is 121 Å². The number of hydrogen-bond donors (Lipinski definition) is 7. The molecule has 0 saturated heterocycles. The monoisotopic (exact) mass is 2100 g/mol. The summed E-state index contributed by atoms with van der Waals surface area (Å²) in [6, 6.07) is 13.5. The van der Waals surface area contributed by atoms with Gasteiger partial charge in [0.25, 0.3) is 0 Å². The highest BCUT2D eigenvalue weighted by molar-refractivity contribution is 6.03. The van der Waals surface area contributed by atoms with Gasteiger partial charge in [0.15, 0.2) is 29.1 Å². The van der Waals surface area contributed by atoms with E-state index in [9.17, 15) is 74.1 Å². The Bertz CT molecular complexity index is 4040. The second kappa shape index (κ2) is 82.2. The van der Waals surface area contributed by atoms with E-state index < -0.39 is 103 Å². The summed E-state index contributed by atoms with van der Waals surface area (Å²) >= 11 is 0.